The van der Waals surface area contributed by atoms with Crippen molar-refractivity contribution in [3.63, 3.8) is 0 Å². The predicted molar refractivity (Wildman–Crippen MR) is 103 cm³/mol. The van der Waals surface area contributed by atoms with Gasteiger partial charge in [0.2, 0.25) is 5.91 Å². The van der Waals surface area contributed by atoms with Gasteiger partial charge in [-0.05, 0) is 43.7 Å². The second kappa shape index (κ2) is 8.67. The molecule has 1 saturated heterocycles. The van der Waals surface area contributed by atoms with E-state index >= 15 is 0 Å². The van der Waals surface area contributed by atoms with Gasteiger partial charge in [0.15, 0.2) is 6.54 Å². The summed E-state index contributed by atoms with van der Waals surface area (Å²) < 4.78 is 0. The third-order valence-corrected chi connectivity index (χ3v) is 5.92. The minimum Gasteiger partial charge on any atom is -0.331 e. The van der Waals surface area contributed by atoms with E-state index in [-0.39, 0.29) is 5.91 Å². The zero-order valence-electron chi connectivity index (χ0n) is 16.1. The van der Waals surface area contributed by atoms with Gasteiger partial charge in [-0.2, -0.15) is 0 Å². The molecule has 1 aliphatic carbocycles. The summed E-state index contributed by atoms with van der Waals surface area (Å²) in [4.78, 5) is 28.1. The first-order valence-electron chi connectivity index (χ1n) is 10.0. The van der Waals surface area contributed by atoms with Crippen LogP contribution in [-0.2, 0) is 9.59 Å². The van der Waals surface area contributed by atoms with Gasteiger partial charge in [-0.3, -0.25) is 9.59 Å². The minimum absolute atomic E-state index is 0.0585. The molecule has 0 spiro atoms. The molecule has 2 N–H and O–H groups in total. The van der Waals surface area contributed by atoms with Gasteiger partial charge in [-0.15, -0.1) is 0 Å². The van der Waals surface area contributed by atoms with E-state index < -0.39 is 0 Å². The van der Waals surface area contributed by atoms with Crippen LogP contribution in [0.5, 0.6) is 0 Å². The summed E-state index contributed by atoms with van der Waals surface area (Å²) in [5, 5.41) is 3.07. The van der Waals surface area contributed by atoms with Crippen LogP contribution < -0.4 is 10.2 Å². The van der Waals surface area contributed by atoms with Gasteiger partial charge in [0, 0.05) is 12.1 Å². The molecule has 142 valence electrons. The Labute approximate surface area is 156 Å². The number of carbonyl (C=O) groups excluding carboxylic acids is 2. The van der Waals surface area contributed by atoms with Crippen molar-refractivity contribution in [2.45, 2.75) is 46.0 Å². The van der Waals surface area contributed by atoms with E-state index in [4.69, 9.17) is 0 Å². The highest BCUT2D eigenvalue weighted by atomic mass is 16.2. The first-order valence-corrected chi connectivity index (χ1v) is 10.0. The number of amides is 2. The Balaban J connectivity index is 1.43. The van der Waals surface area contributed by atoms with Crippen molar-refractivity contribution in [1.29, 1.82) is 0 Å². The number of para-hydroxylation sites is 1. The van der Waals surface area contributed by atoms with E-state index in [2.05, 4.69) is 5.32 Å². The molecule has 5 nitrogen and oxygen atoms in total. The Kier molecular flexibility index (Phi) is 6.30. The number of rotatable bonds is 5. The van der Waals surface area contributed by atoms with E-state index in [1.165, 1.54) is 30.6 Å². The van der Waals surface area contributed by atoms with Crippen LogP contribution >= 0.6 is 0 Å². The second-order valence-corrected chi connectivity index (χ2v) is 7.98. The maximum atomic E-state index is 12.4. The van der Waals surface area contributed by atoms with Crippen LogP contribution in [0.25, 0.3) is 0 Å². The summed E-state index contributed by atoms with van der Waals surface area (Å²) in [6.07, 6.45) is 5.73. The number of nitrogens with one attached hydrogen (secondary N) is 2. The van der Waals surface area contributed by atoms with Gasteiger partial charge >= 0.3 is 0 Å². The fourth-order valence-electron chi connectivity index (χ4n) is 4.26. The maximum absolute atomic E-state index is 12.4. The number of piperazine rings is 1. The zero-order valence-corrected chi connectivity index (χ0v) is 16.1. The summed E-state index contributed by atoms with van der Waals surface area (Å²) in [5.74, 6) is 0.982. The highest BCUT2D eigenvalue weighted by Crippen LogP contribution is 2.28. The van der Waals surface area contributed by atoms with Crippen molar-refractivity contribution >= 4 is 17.5 Å². The van der Waals surface area contributed by atoms with Crippen LogP contribution in [0, 0.1) is 19.8 Å². The first kappa shape index (κ1) is 18.9. The number of aryl methyl sites for hydroxylation is 2. The first-order chi connectivity index (χ1) is 12.5. The number of benzene rings is 1. The molecule has 0 unspecified atom stereocenters. The molecule has 26 heavy (non-hydrogen) atoms. The van der Waals surface area contributed by atoms with Crippen LogP contribution in [0.1, 0.15) is 43.2 Å². The lowest BCUT2D eigenvalue weighted by Crippen LogP contribution is -3.15. The van der Waals surface area contributed by atoms with Crippen molar-refractivity contribution in [1.82, 2.24) is 4.90 Å². The van der Waals surface area contributed by atoms with E-state index in [0.717, 1.165) is 49.4 Å². The van der Waals surface area contributed by atoms with Crippen LogP contribution in [0.3, 0.4) is 0 Å². The Morgan fingerprint density at radius 2 is 1.73 bits per heavy atom. The summed E-state index contributed by atoms with van der Waals surface area (Å²) in [5.41, 5.74) is 3.12. The van der Waals surface area contributed by atoms with Gasteiger partial charge in [0.25, 0.3) is 5.91 Å². The Hall–Kier alpha value is -1.88. The van der Waals surface area contributed by atoms with E-state index in [9.17, 15) is 9.59 Å². The van der Waals surface area contributed by atoms with Crippen molar-refractivity contribution in [3.8, 4) is 0 Å². The topological polar surface area (TPSA) is 53.9 Å². The largest absolute Gasteiger partial charge is 0.331 e. The molecule has 2 amide bonds. The summed E-state index contributed by atoms with van der Waals surface area (Å²) >= 11 is 0. The van der Waals surface area contributed by atoms with Crippen LogP contribution in [-0.4, -0.2) is 49.4 Å². The average Bonchev–Trinajstić information content (AvgIpc) is 3.12. The number of hydrogen-bond donors (Lipinski definition) is 2. The normalized spacial score (nSPS) is 18.9. The number of hydrogen-bond acceptors (Lipinski definition) is 2. The quantitative estimate of drug-likeness (QED) is 0.839. The fourth-order valence-corrected chi connectivity index (χ4v) is 4.26. The molecular weight excluding hydrogens is 326 g/mol. The molecule has 1 aliphatic heterocycles. The molecule has 2 fully saturated rings. The molecule has 0 bridgehead atoms. The van der Waals surface area contributed by atoms with Crippen molar-refractivity contribution in [3.05, 3.63) is 29.3 Å². The van der Waals surface area contributed by atoms with Crippen LogP contribution in [0.15, 0.2) is 18.2 Å². The van der Waals surface area contributed by atoms with Crippen LogP contribution in [0.4, 0.5) is 5.69 Å². The molecule has 3 rings (SSSR count). The Morgan fingerprint density at radius 1 is 1.12 bits per heavy atom. The maximum Gasteiger partial charge on any atom is 0.279 e. The van der Waals surface area contributed by atoms with Gasteiger partial charge in [0.05, 0.1) is 26.2 Å². The van der Waals surface area contributed by atoms with E-state index in [0.29, 0.717) is 18.4 Å². The highest BCUT2D eigenvalue weighted by Gasteiger charge is 2.27. The Bertz CT molecular complexity index is 624. The third kappa shape index (κ3) is 4.85. The molecule has 1 aromatic rings. The number of carbonyl (C=O) groups is 2. The second-order valence-electron chi connectivity index (χ2n) is 7.98. The molecule has 1 saturated carbocycles. The van der Waals surface area contributed by atoms with Crippen molar-refractivity contribution in [2.24, 2.45) is 5.92 Å². The minimum atomic E-state index is 0.0585. The molecular formula is C21H32N3O2+. The lowest BCUT2D eigenvalue weighted by atomic mass is 10.0. The summed E-state index contributed by atoms with van der Waals surface area (Å²) in [7, 11) is 0. The molecule has 0 radical (unpaired) electrons. The Morgan fingerprint density at radius 3 is 2.35 bits per heavy atom. The average molecular weight is 359 g/mol. The fraction of sp³-hybridized carbons (Fsp3) is 0.619. The molecule has 2 aliphatic rings. The molecule has 1 heterocycles. The number of quaternary nitrogens is 1. The van der Waals surface area contributed by atoms with Crippen molar-refractivity contribution in [2.75, 3.05) is 38.0 Å². The number of anilines is 1. The smallest absolute Gasteiger partial charge is 0.279 e. The predicted octanol–water partition coefficient (Wildman–Crippen LogP) is 1.55. The van der Waals surface area contributed by atoms with E-state index in [1.807, 2.05) is 36.9 Å². The highest BCUT2D eigenvalue weighted by molar-refractivity contribution is 5.93. The molecule has 0 atom stereocenters. The molecule has 0 aromatic heterocycles. The van der Waals surface area contributed by atoms with Crippen LogP contribution in [0.2, 0.25) is 0 Å². The lowest BCUT2D eigenvalue weighted by molar-refractivity contribution is -0.895. The monoisotopic (exact) mass is 358 g/mol. The van der Waals surface area contributed by atoms with Gasteiger partial charge in [-0.1, -0.05) is 31.0 Å². The molecule has 5 heteroatoms. The summed E-state index contributed by atoms with van der Waals surface area (Å²) in [6, 6.07) is 6.04. The zero-order chi connectivity index (χ0) is 18.5. The van der Waals surface area contributed by atoms with Crippen molar-refractivity contribution < 1.29 is 14.5 Å². The SMILES string of the molecule is Cc1cccc(C)c1NC(=O)C[NH+]1CCN(C(=O)CC2CCCC2)CC1. The standard InChI is InChI=1S/C21H31N3O2/c1-16-6-5-7-17(2)21(16)22-19(25)15-23-10-12-24(13-11-23)20(26)14-18-8-3-4-9-18/h5-7,18H,3-4,8-15H2,1-2H3,(H,22,25)/p+1. The third-order valence-electron chi connectivity index (χ3n) is 5.92. The number of nitrogens with zero attached hydrogens (tertiary/aromatic N) is 1. The summed E-state index contributed by atoms with van der Waals surface area (Å²) in [6.45, 7) is 7.77. The van der Waals surface area contributed by atoms with Gasteiger partial charge < -0.3 is 15.1 Å². The lowest BCUT2D eigenvalue weighted by Gasteiger charge is -2.32. The van der Waals surface area contributed by atoms with Gasteiger partial charge in [0.1, 0.15) is 0 Å². The van der Waals surface area contributed by atoms with Gasteiger partial charge in [-0.25, -0.2) is 0 Å². The molecule has 1 aromatic carbocycles. The van der Waals surface area contributed by atoms with E-state index in [1.54, 1.807) is 0 Å².